The second kappa shape index (κ2) is 7.95. The summed E-state index contributed by atoms with van der Waals surface area (Å²) in [5, 5.41) is 2.93. The molecule has 1 amide bonds. The molecule has 2 aromatic rings. The van der Waals surface area contributed by atoms with Gasteiger partial charge in [0.15, 0.2) is 11.5 Å². The van der Waals surface area contributed by atoms with Gasteiger partial charge in [-0.2, -0.15) is 13.2 Å². The van der Waals surface area contributed by atoms with Gasteiger partial charge in [-0.25, -0.2) is 4.98 Å². The van der Waals surface area contributed by atoms with Gasteiger partial charge in [0.1, 0.15) is 5.82 Å². The lowest BCUT2D eigenvalue weighted by atomic mass is 10.1. The predicted octanol–water partition coefficient (Wildman–Crippen LogP) is 3.13. The number of para-hydroxylation sites is 1. The Morgan fingerprint density at radius 3 is 2.61 bits per heavy atom. The zero-order valence-corrected chi connectivity index (χ0v) is 15.4. The van der Waals surface area contributed by atoms with E-state index < -0.39 is 11.7 Å². The third-order valence-electron chi connectivity index (χ3n) is 4.57. The van der Waals surface area contributed by atoms with Crippen LogP contribution in [0.15, 0.2) is 36.5 Å². The molecule has 1 aliphatic heterocycles. The fraction of sp³-hybridized carbons (Fsp3) is 0.368. The number of halogens is 3. The molecule has 150 valence electrons. The summed E-state index contributed by atoms with van der Waals surface area (Å²) in [4.78, 5) is 18.4. The van der Waals surface area contributed by atoms with Gasteiger partial charge in [-0.3, -0.25) is 4.79 Å². The number of hydrogen-bond acceptors (Lipinski definition) is 5. The molecule has 1 unspecified atom stereocenters. The van der Waals surface area contributed by atoms with E-state index in [1.54, 1.807) is 18.2 Å². The van der Waals surface area contributed by atoms with Crippen molar-refractivity contribution in [1.29, 1.82) is 0 Å². The SMILES string of the molecule is COc1cccc(C(=O)NC2CCN(c3ccc(C(F)(F)F)cn3)C2)c1OC. The molecule has 9 heteroatoms. The summed E-state index contributed by atoms with van der Waals surface area (Å²) in [5.41, 5.74) is -0.432. The fourth-order valence-corrected chi connectivity index (χ4v) is 3.16. The second-order valence-electron chi connectivity index (χ2n) is 6.35. The molecule has 1 aromatic carbocycles. The Bertz CT molecular complexity index is 841. The lowest BCUT2D eigenvalue weighted by molar-refractivity contribution is -0.137. The van der Waals surface area contributed by atoms with E-state index in [0.717, 1.165) is 12.3 Å². The van der Waals surface area contributed by atoms with Crippen molar-refractivity contribution in [2.45, 2.75) is 18.6 Å². The minimum Gasteiger partial charge on any atom is -0.493 e. The number of carbonyl (C=O) groups excluding carboxylic acids is 1. The van der Waals surface area contributed by atoms with Crippen LogP contribution in [0.1, 0.15) is 22.3 Å². The summed E-state index contributed by atoms with van der Waals surface area (Å²) >= 11 is 0. The third-order valence-corrected chi connectivity index (χ3v) is 4.57. The molecule has 2 heterocycles. The molecule has 1 N–H and O–H groups in total. The number of nitrogens with one attached hydrogen (secondary N) is 1. The molecule has 6 nitrogen and oxygen atoms in total. The Kier molecular flexibility index (Phi) is 5.62. The Morgan fingerprint density at radius 2 is 2.00 bits per heavy atom. The highest BCUT2D eigenvalue weighted by Crippen LogP contribution is 2.31. The molecule has 1 saturated heterocycles. The number of carbonyl (C=O) groups is 1. The first-order chi connectivity index (χ1) is 13.3. The number of aromatic nitrogens is 1. The monoisotopic (exact) mass is 395 g/mol. The zero-order chi connectivity index (χ0) is 20.3. The summed E-state index contributed by atoms with van der Waals surface area (Å²) in [6.45, 7) is 1.04. The predicted molar refractivity (Wildman–Crippen MR) is 96.9 cm³/mol. The van der Waals surface area contributed by atoms with Crippen molar-refractivity contribution in [3.63, 3.8) is 0 Å². The highest BCUT2D eigenvalue weighted by Gasteiger charge is 2.32. The maximum absolute atomic E-state index is 12.7. The summed E-state index contributed by atoms with van der Waals surface area (Å²) in [6, 6.07) is 7.23. The molecule has 0 saturated carbocycles. The van der Waals surface area contributed by atoms with E-state index in [9.17, 15) is 18.0 Å². The van der Waals surface area contributed by atoms with Crippen molar-refractivity contribution in [2.75, 3.05) is 32.2 Å². The second-order valence-corrected chi connectivity index (χ2v) is 6.35. The molecular weight excluding hydrogens is 375 g/mol. The highest BCUT2D eigenvalue weighted by atomic mass is 19.4. The number of ether oxygens (including phenoxy) is 2. The normalized spacial score (nSPS) is 16.8. The zero-order valence-electron chi connectivity index (χ0n) is 15.4. The number of alkyl halides is 3. The number of benzene rings is 1. The van der Waals surface area contributed by atoms with Crippen LogP contribution in [0.4, 0.5) is 19.0 Å². The molecule has 1 atom stereocenters. The van der Waals surface area contributed by atoms with Gasteiger partial charge in [-0.15, -0.1) is 0 Å². The van der Waals surface area contributed by atoms with Crippen molar-refractivity contribution in [2.24, 2.45) is 0 Å². The fourth-order valence-electron chi connectivity index (χ4n) is 3.16. The highest BCUT2D eigenvalue weighted by molar-refractivity contribution is 5.98. The lowest BCUT2D eigenvalue weighted by Crippen LogP contribution is -2.37. The van der Waals surface area contributed by atoms with Crippen molar-refractivity contribution in [3.05, 3.63) is 47.7 Å². The number of pyridine rings is 1. The van der Waals surface area contributed by atoms with Gasteiger partial charge in [-0.05, 0) is 30.7 Å². The minimum atomic E-state index is -4.41. The number of hydrogen-bond donors (Lipinski definition) is 1. The topological polar surface area (TPSA) is 63.7 Å². The summed E-state index contributed by atoms with van der Waals surface area (Å²) in [5.74, 6) is 0.950. The minimum absolute atomic E-state index is 0.160. The smallest absolute Gasteiger partial charge is 0.417 e. The molecule has 0 radical (unpaired) electrons. The summed E-state index contributed by atoms with van der Waals surface area (Å²) < 4.78 is 48.5. The number of methoxy groups -OCH3 is 2. The molecule has 1 aliphatic rings. The van der Waals surface area contributed by atoms with Crippen LogP contribution in [-0.2, 0) is 6.18 Å². The average molecular weight is 395 g/mol. The molecule has 28 heavy (non-hydrogen) atoms. The Hall–Kier alpha value is -2.97. The van der Waals surface area contributed by atoms with Crippen molar-refractivity contribution in [3.8, 4) is 11.5 Å². The van der Waals surface area contributed by atoms with Crippen LogP contribution in [0.5, 0.6) is 11.5 Å². The van der Waals surface area contributed by atoms with Crippen molar-refractivity contribution in [1.82, 2.24) is 10.3 Å². The number of rotatable bonds is 5. The van der Waals surface area contributed by atoms with Crippen LogP contribution >= 0.6 is 0 Å². The number of anilines is 1. The van der Waals surface area contributed by atoms with Gasteiger partial charge < -0.3 is 19.7 Å². The van der Waals surface area contributed by atoms with Crippen LogP contribution in [0.3, 0.4) is 0 Å². The van der Waals surface area contributed by atoms with Crippen LogP contribution in [0.2, 0.25) is 0 Å². The lowest BCUT2D eigenvalue weighted by Gasteiger charge is -2.19. The van der Waals surface area contributed by atoms with Gasteiger partial charge in [0, 0.05) is 25.3 Å². The Morgan fingerprint density at radius 1 is 1.21 bits per heavy atom. The third kappa shape index (κ3) is 4.13. The average Bonchev–Trinajstić information content (AvgIpc) is 3.15. The van der Waals surface area contributed by atoms with Crippen LogP contribution in [0.25, 0.3) is 0 Å². The van der Waals surface area contributed by atoms with Gasteiger partial charge >= 0.3 is 6.18 Å². The van der Waals surface area contributed by atoms with E-state index in [1.165, 1.54) is 20.3 Å². The molecule has 3 rings (SSSR count). The van der Waals surface area contributed by atoms with Crippen molar-refractivity contribution >= 4 is 11.7 Å². The quantitative estimate of drug-likeness (QED) is 0.843. The summed E-state index contributed by atoms with van der Waals surface area (Å²) in [6.07, 6.45) is -2.94. The first-order valence-electron chi connectivity index (χ1n) is 8.63. The standard InChI is InChI=1S/C19H20F3N3O3/c1-27-15-5-3-4-14(17(15)28-2)18(26)24-13-8-9-25(11-13)16-7-6-12(10-23-16)19(20,21)22/h3-7,10,13H,8-9,11H2,1-2H3,(H,24,26). The Balaban J connectivity index is 1.66. The maximum atomic E-state index is 12.7. The molecule has 1 aromatic heterocycles. The number of nitrogens with zero attached hydrogens (tertiary/aromatic N) is 2. The maximum Gasteiger partial charge on any atom is 0.417 e. The first-order valence-corrected chi connectivity index (χ1v) is 8.63. The van der Waals surface area contributed by atoms with E-state index in [2.05, 4.69) is 10.3 Å². The molecular formula is C19H20F3N3O3. The van der Waals surface area contributed by atoms with E-state index in [0.29, 0.717) is 42.4 Å². The van der Waals surface area contributed by atoms with Gasteiger partial charge in [-0.1, -0.05) is 6.07 Å². The van der Waals surface area contributed by atoms with E-state index in [1.807, 2.05) is 4.90 Å². The van der Waals surface area contributed by atoms with Gasteiger partial charge in [0.25, 0.3) is 5.91 Å². The summed E-state index contributed by atoms with van der Waals surface area (Å²) in [7, 11) is 2.95. The molecule has 1 fully saturated rings. The largest absolute Gasteiger partial charge is 0.493 e. The molecule has 0 spiro atoms. The van der Waals surface area contributed by atoms with E-state index >= 15 is 0 Å². The van der Waals surface area contributed by atoms with E-state index in [4.69, 9.17) is 9.47 Å². The Labute approximate surface area is 160 Å². The van der Waals surface area contributed by atoms with Crippen LogP contribution < -0.4 is 19.7 Å². The van der Waals surface area contributed by atoms with Crippen molar-refractivity contribution < 1.29 is 27.4 Å². The number of amides is 1. The molecule has 0 bridgehead atoms. The van der Waals surface area contributed by atoms with Gasteiger partial charge in [0.2, 0.25) is 0 Å². The van der Waals surface area contributed by atoms with Crippen LogP contribution in [-0.4, -0.2) is 44.2 Å². The van der Waals surface area contributed by atoms with Gasteiger partial charge in [0.05, 0.1) is 25.3 Å². The molecule has 0 aliphatic carbocycles. The van der Waals surface area contributed by atoms with E-state index in [-0.39, 0.29) is 11.9 Å². The van der Waals surface area contributed by atoms with Crippen LogP contribution in [0, 0.1) is 0 Å². The first kappa shape index (κ1) is 19.8.